The molecular weight excluding hydrogens is 420 g/mol. The van der Waals surface area contributed by atoms with E-state index < -0.39 is 22.1 Å². The van der Waals surface area contributed by atoms with Crippen LogP contribution in [0.3, 0.4) is 0 Å². The first-order valence-corrected chi connectivity index (χ1v) is 11.5. The summed E-state index contributed by atoms with van der Waals surface area (Å²) in [6.07, 6.45) is -0.0650. The standard InChI is InChI=1S/C22H26N2O6S/c1-4-23(31(27,28)20-12-8-6-10-18(20)21(25)29-3)14-13-16(2)24-19-11-7-5-9-17(19)15-30-22(24)26/h5-12,16H,4,13-15H2,1-3H3. The summed E-state index contributed by atoms with van der Waals surface area (Å²) in [5.74, 6) is -0.712. The molecule has 1 aliphatic rings. The van der Waals surface area contributed by atoms with Crippen molar-refractivity contribution in [1.29, 1.82) is 0 Å². The first-order valence-electron chi connectivity index (χ1n) is 10.0. The van der Waals surface area contributed by atoms with Gasteiger partial charge in [0.15, 0.2) is 0 Å². The molecule has 0 N–H and O–H groups in total. The van der Waals surface area contributed by atoms with Crippen molar-refractivity contribution in [3.8, 4) is 0 Å². The van der Waals surface area contributed by atoms with E-state index in [0.29, 0.717) is 6.42 Å². The maximum atomic E-state index is 13.3. The largest absolute Gasteiger partial charge is 0.465 e. The molecule has 0 fully saturated rings. The van der Waals surface area contributed by atoms with Gasteiger partial charge >= 0.3 is 12.1 Å². The molecule has 1 atom stereocenters. The molecule has 9 heteroatoms. The zero-order chi connectivity index (χ0) is 22.6. The van der Waals surface area contributed by atoms with Gasteiger partial charge in [-0.25, -0.2) is 18.0 Å². The minimum Gasteiger partial charge on any atom is -0.465 e. The number of benzene rings is 2. The van der Waals surface area contributed by atoms with E-state index in [1.165, 1.54) is 23.5 Å². The lowest BCUT2D eigenvalue weighted by Crippen LogP contribution is -2.44. The van der Waals surface area contributed by atoms with E-state index in [-0.39, 0.29) is 36.2 Å². The summed E-state index contributed by atoms with van der Waals surface area (Å²) in [5, 5.41) is 0. The summed E-state index contributed by atoms with van der Waals surface area (Å²) in [7, 11) is -2.73. The Morgan fingerprint density at radius 3 is 2.58 bits per heavy atom. The quantitative estimate of drug-likeness (QED) is 0.577. The van der Waals surface area contributed by atoms with Crippen LogP contribution in [-0.2, 0) is 26.1 Å². The Labute approximate surface area is 182 Å². The smallest absolute Gasteiger partial charge is 0.414 e. The number of ether oxygens (including phenoxy) is 2. The Bertz CT molecular complexity index is 1070. The van der Waals surface area contributed by atoms with Crippen molar-refractivity contribution in [2.45, 2.75) is 37.8 Å². The molecule has 3 rings (SSSR count). The lowest BCUT2D eigenvalue weighted by Gasteiger charge is -2.34. The van der Waals surface area contributed by atoms with Crippen molar-refractivity contribution >= 4 is 27.8 Å². The van der Waals surface area contributed by atoms with Crippen molar-refractivity contribution in [3.63, 3.8) is 0 Å². The van der Waals surface area contributed by atoms with Gasteiger partial charge in [0.05, 0.1) is 23.3 Å². The van der Waals surface area contributed by atoms with Crippen molar-refractivity contribution < 1.29 is 27.5 Å². The van der Waals surface area contributed by atoms with E-state index >= 15 is 0 Å². The molecule has 1 unspecified atom stereocenters. The molecule has 0 bridgehead atoms. The zero-order valence-electron chi connectivity index (χ0n) is 17.8. The normalized spacial score (nSPS) is 14.7. The molecule has 1 amide bonds. The highest BCUT2D eigenvalue weighted by Crippen LogP contribution is 2.30. The fraction of sp³-hybridized carbons (Fsp3) is 0.364. The number of sulfonamides is 1. The first-order chi connectivity index (χ1) is 14.8. The van der Waals surface area contributed by atoms with Gasteiger partial charge in [0.2, 0.25) is 10.0 Å². The fourth-order valence-corrected chi connectivity index (χ4v) is 5.25. The number of hydrogen-bond acceptors (Lipinski definition) is 6. The number of esters is 1. The predicted octanol–water partition coefficient (Wildman–Crippen LogP) is 3.42. The SMILES string of the molecule is CCN(CCC(C)N1C(=O)OCc2ccccc21)S(=O)(=O)c1ccccc1C(=O)OC. The van der Waals surface area contributed by atoms with Crippen LogP contribution in [0.4, 0.5) is 10.5 Å². The number of amides is 1. The summed E-state index contributed by atoms with van der Waals surface area (Å²) in [4.78, 5) is 25.9. The number of para-hydroxylation sites is 1. The van der Waals surface area contributed by atoms with E-state index in [9.17, 15) is 18.0 Å². The average Bonchev–Trinajstić information content (AvgIpc) is 2.78. The van der Waals surface area contributed by atoms with Crippen LogP contribution in [0.5, 0.6) is 0 Å². The van der Waals surface area contributed by atoms with Gasteiger partial charge in [-0.1, -0.05) is 37.3 Å². The van der Waals surface area contributed by atoms with Crippen molar-refractivity contribution in [1.82, 2.24) is 4.31 Å². The highest BCUT2D eigenvalue weighted by atomic mass is 32.2. The third kappa shape index (κ3) is 4.57. The molecule has 166 valence electrons. The minimum atomic E-state index is -3.94. The molecule has 31 heavy (non-hydrogen) atoms. The van der Waals surface area contributed by atoms with Gasteiger partial charge in [-0.15, -0.1) is 0 Å². The molecule has 0 aromatic heterocycles. The van der Waals surface area contributed by atoms with E-state index in [4.69, 9.17) is 9.47 Å². The van der Waals surface area contributed by atoms with E-state index in [0.717, 1.165) is 11.3 Å². The van der Waals surface area contributed by atoms with Gasteiger partial charge in [0, 0.05) is 24.7 Å². The van der Waals surface area contributed by atoms with Crippen molar-refractivity contribution in [2.75, 3.05) is 25.1 Å². The second kappa shape index (κ2) is 9.49. The number of carbonyl (C=O) groups excluding carboxylic acids is 2. The molecule has 8 nitrogen and oxygen atoms in total. The maximum Gasteiger partial charge on any atom is 0.414 e. The zero-order valence-corrected chi connectivity index (χ0v) is 18.6. The van der Waals surface area contributed by atoms with Gasteiger partial charge in [0.1, 0.15) is 6.61 Å². The molecule has 0 radical (unpaired) electrons. The highest BCUT2D eigenvalue weighted by molar-refractivity contribution is 7.89. The van der Waals surface area contributed by atoms with Crippen LogP contribution in [0.2, 0.25) is 0 Å². The van der Waals surface area contributed by atoms with Crippen LogP contribution in [-0.4, -0.2) is 51.0 Å². The maximum absolute atomic E-state index is 13.3. The molecule has 0 saturated heterocycles. The Morgan fingerprint density at radius 1 is 1.19 bits per heavy atom. The molecule has 0 saturated carbocycles. The Hall–Kier alpha value is -2.91. The predicted molar refractivity (Wildman–Crippen MR) is 115 cm³/mol. The monoisotopic (exact) mass is 446 g/mol. The summed E-state index contributed by atoms with van der Waals surface area (Å²) >= 11 is 0. The van der Waals surface area contributed by atoms with Gasteiger partial charge in [-0.05, 0) is 31.5 Å². The molecule has 1 heterocycles. The average molecular weight is 447 g/mol. The fourth-order valence-electron chi connectivity index (χ4n) is 3.61. The molecule has 0 spiro atoms. The number of cyclic esters (lactones) is 1. The second-order valence-corrected chi connectivity index (χ2v) is 9.08. The van der Waals surface area contributed by atoms with Crippen LogP contribution in [0.15, 0.2) is 53.4 Å². The molecular formula is C22H26N2O6S. The number of anilines is 1. The van der Waals surface area contributed by atoms with Crippen LogP contribution >= 0.6 is 0 Å². The topological polar surface area (TPSA) is 93.2 Å². The van der Waals surface area contributed by atoms with Crippen LogP contribution < -0.4 is 4.90 Å². The number of fused-ring (bicyclic) bond motifs is 1. The molecule has 1 aliphatic heterocycles. The van der Waals surface area contributed by atoms with E-state index in [1.807, 2.05) is 31.2 Å². The summed E-state index contributed by atoms with van der Waals surface area (Å²) in [5.41, 5.74) is 1.67. The van der Waals surface area contributed by atoms with Crippen LogP contribution in [0, 0.1) is 0 Å². The van der Waals surface area contributed by atoms with Gasteiger partial charge in [0.25, 0.3) is 0 Å². The number of methoxy groups -OCH3 is 1. The summed E-state index contributed by atoms with van der Waals surface area (Å²) < 4.78 is 37.8. The lowest BCUT2D eigenvalue weighted by atomic mass is 10.1. The number of rotatable bonds is 8. The third-order valence-corrected chi connectivity index (χ3v) is 7.33. The first kappa shape index (κ1) is 22.8. The lowest BCUT2D eigenvalue weighted by molar-refractivity contribution is 0.0596. The molecule has 2 aromatic carbocycles. The van der Waals surface area contributed by atoms with Gasteiger partial charge < -0.3 is 9.47 Å². The Morgan fingerprint density at radius 2 is 1.87 bits per heavy atom. The molecule has 2 aromatic rings. The van der Waals surface area contributed by atoms with Gasteiger partial charge in [-0.3, -0.25) is 4.90 Å². The van der Waals surface area contributed by atoms with E-state index in [1.54, 1.807) is 24.0 Å². The molecule has 0 aliphatic carbocycles. The Kier molecular flexibility index (Phi) is 6.97. The number of hydrogen-bond donors (Lipinski definition) is 0. The second-order valence-electron chi connectivity index (χ2n) is 7.18. The highest BCUT2D eigenvalue weighted by Gasteiger charge is 2.32. The van der Waals surface area contributed by atoms with Crippen LogP contribution in [0.25, 0.3) is 0 Å². The minimum absolute atomic E-state index is 0.00923. The number of nitrogens with zero attached hydrogens (tertiary/aromatic N) is 2. The summed E-state index contributed by atoms with van der Waals surface area (Å²) in [6.45, 7) is 4.19. The van der Waals surface area contributed by atoms with E-state index in [2.05, 4.69) is 0 Å². The summed E-state index contributed by atoms with van der Waals surface area (Å²) in [6, 6.07) is 13.2. The number of carbonyl (C=O) groups is 2. The van der Waals surface area contributed by atoms with Crippen LogP contribution in [0.1, 0.15) is 36.2 Å². The van der Waals surface area contributed by atoms with Crippen molar-refractivity contribution in [2.24, 2.45) is 0 Å². The van der Waals surface area contributed by atoms with Gasteiger partial charge in [-0.2, -0.15) is 4.31 Å². The Balaban J connectivity index is 1.81. The third-order valence-electron chi connectivity index (χ3n) is 5.30. The van der Waals surface area contributed by atoms with Crippen molar-refractivity contribution in [3.05, 3.63) is 59.7 Å².